The number of anilines is 3. The fraction of sp³-hybridized carbons (Fsp3) is 0.154. The smallest absolute Gasteiger partial charge is 0.321 e. The molecule has 4 rings (SSSR count). The van der Waals surface area contributed by atoms with Crippen LogP contribution in [0.1, 0.15) is 11.1 Å². The average Bonchev–Trinajstić information content (AvgIpc) is 3.20. The molecule has 1 heterocycles. The van der Waals surface area contributed by atoms with E-state index in [1.54, 1.807) is 40.4 Å². The number of benzene rings is 3. The Morgan fingerprint density at radius 3 is 2.21 bits per heavy atom. The van der Waals surface area contributed by atoms with Crippen molar-refractivity contribution in [1.29, 1.82) is 0 Å². The number of amides is 3. The molecule has 0 aromatic heterocycles. The second-order valence-corrected chi connectivity index (χ2v) is 7.61. The normalized spacial score (nSPS) is 13.5. The van der Waals surface area contributed by atoms with Crippen LogP contribution < -0.4 is 30.3 Å². The van der Waals surface area contributed by atoms with Crippen molar-refractivity contribution >= 4 is 40.3 Å². The molecule has 0 spiro atoms. The van der Waals surface area contributed by atoms with E-state index in [1.807, 2.05) is 54.6 Å². The lowest BCUT2D eigenvalue weighted by atomic mass is 9.99. The minimum Gasteiger partial charge on any atom is -0.493 e. The summed E-state index contributed by atoms with van der Waals surface area (Å²) in [6.45, 7) is 0. The summed E-state index contributed by atoms with van der Waals surface area (Å²) >= 11 is 0. The van der Waals surface area contributed by atoms with E-state index < -0.39 is 0 Å². The van der Waals surface area contributed by atoms with Crippen LogP contribution in [0.25, 0.3) is 11.3 Å². The average molecular weight is 459 g/mol. The fourth-order valence-electron chi connectivity index (χ4n) is 3.83. The lowest BCUT2D eigenvalue weighted by molar-refractivity contribution is -0.110. The van der Waals surface area contributed by atoms with Crippen molar-refractivity contribution < 1.29 is 19.1 Å². The molecular formula is C26H26N4O4. The molecule has 1 aliphatic rings. The van der Waals surface area contributed by atoms with E-state index in [-0.39, 0.29) is 11.9 Å². The number of hydrogen-bond donors (Lipinski definition) is 3. The summed E-state index contributed by atoms with van der Waals surface area (Å²) in [4.78, 5) is 26.6. The Kier molecular flexibility index (Phi) is 6.40. The van der Waals surface area contributed by atoms with Gasteiger partial charge in [0.05, 0.1) is 31.2 Å². The van der Waals surface area contributed by atoms with Crippen LogP contribution in [0.5, 0.6) is 11.5 Å². The zero-order chi connectivity index (χ0) is 24.2. The van der Waals surface area contributed by atoms with E-state index in [4.69, 9.17) is 9.47 Å². The highest BCUT2D eigenvalue weighted by atomic mass is 16.5. The Morgan fingerprint density at radius 1 is 0.941 bits per heavy atom. The lowest BCUT2D eigenvalue weighted by Crippen LogP contribution is -2.34. The van der Waals surface area contributed by atoms with Gasteiger partial charge in [0.2, 0.25) is 0 Å². The summed E-state index contributed by atoms with van der Waals surface area (Å²) in [6.07, 6.45) is 0. The first-order valence-corrected chi connectivity index (χ1v) is 10.7. The molecule has 3 aromatic rings. The maximum Gasteiger partial charge on any atom is 0.321 e. The van der Waals surface area contributed by atoms with Gasteiger partial charge < -0.3 is 25.4 Å². The lowest BCUT2D eigenvalue weighted by Gasteiger charge is -2.18. The minimum atomic E-state index is -0.229. The summed E-state index contributed by atoms with van der Waals surface area (Å²) in [5.41, 5.74) is 4.86. The first-order chi connectivity index (χ1) is 16.5. The van der Waals surface area contributed by atoms with E-state index in [0.29, 0.717) is 34.0 Å². The number of nitrogens with one attached hydrogen (secondary N) is 3. The first-order valence-electron chi connectivity index (χ1n) is 10.7. The summed E-state index contributed by atoms with van der Waals surface area (Å²) in [5.74, 6) is 0.838. The van der Waals surface area contributed by atoms with Crippen LogP contribution in [0, 0.1) is 0 Å². The van der Waals surface area contributed by atoms with Gasteiger partial charge in [0.25, 0.3) is 5.91 Å². The van der Waals surface area contributed by atoms with Gasteiger partial charge in [0, 0.05) is 37.1 Å². The van der Waals surface area contributed by atoms with Gasteiger partial charge >= 0.3 is 6.03 Å². The molecule has 0 unspecified atom stereocenters. The molecule has 3 N–H and O–H groups in total. The van der Waals surface area contributed by atoms with E-state index in [2.05, 4.69) is 16.0 Å². The van der Waals surface area contributed by atoms with Crippen LogP contribution in [0.15, 0.2) is 66.7 Å². The molecule has 3 aromatic carbocycles. The maximum absolute atomic E-state index is 13.1. The molecule has 3 amide bonds. The van der Waals surface area contributed by atoms with Crippen LogP contribution in [0.3, 0.4) is 0 Å². The second kappa shape index (κ2) is 9.58. The van der Waals surface area contributed by atoms with Crippen molar-refractivity contribution in [2.75, 3.05) is 43.8 Å². The highest BCUT2D eigenvalue weighted by Gasteiger charge is 2.30. The maximum atomic E-state index is 13.1. The summed E-state index contributed by atoms with van der Waals surface area (Å²) in [7, 11) is 6.40. The zero-order valence-electron chi connectivity index (χ0n) is 19.4. The standard InChI is InChI=1S/C26H26N4O4/c1-27-26(32)30(2)18-12-10-17(11-13-18)28-24(16-8-6-5-7-9-16)23-19-14-21(33-3)22(34-4)15-20(19)29-25(23)31/h5-15,28H,1-4H3,(H,27,32)(H,29,31)/b24-23-. The Balaban J connectivity index is 1.80. The van der Waals surface area contributed by atoms with Crippen molar-refractivity contribution in [3.05, 3.63) is 77.9 Å². The monoisotopic (exact) mass is 458 g/mol. The molecule has 8 heteroatoms. The van der Waals surface area contributed by atoms with Gasteiger partial charge in [-0.1, -0.05) is 30.3 Å². The quantitative estimate of drug-likeness (QED) is 0.476. The van der Waals surface area contributed by atoms with Crippen LogP contribution in [0.4, 0.5) is 21.9 Å². The summed E-state index contributed by atoms with van der Waals surface area (Å²) < 4.78 is 10.9. The third-order valence-electron chi connectivity index (χ3n) is 5.62. The van der Waals surface area contributed by atoms with E-state index in [0.717, 1.165) is 16.9 Å². The Bertz CT molecular complexity index is 1250. The number of ether oxygens (including phenoxy) is 2. The minimum absolute atomic E-state index is 0.212. The topological polar surface area (TPSA) is 91.9 Å². The predicted molar refractivity (Wildman–Crippen MR) is 134 cm³/mol. The molecule has 0 aliphatic carbocycles. The Morgan fingerprint density at radius 2 is 1.59 bits per heavy atom. The van der Waals surface area contributed by atoms with Crippen molar-refractivity contribution in [3.63, 3.8) is 0 Å². The number of fused-ring (bicyclic) bond motifs is 1. The number of carbonyl (C=O) groups excluding carboxylic acids is 2. The number of hydrogen-bond acceptors (Lipinski definition) is 5. The van der Waals surface area contributed by atoms with Gasteiger partial charge in [0.15, 0.2) is 11.5 Å². The number of nitrogens with zero attached hydrogens (tertiary/aromatic N) is 1. The highest BCUT2D eigenvalue weighted by Crippen LogP contribution is 2.43. The molecule has 8 nitrogen and oxygen atoms in total. The SMILES string of the molecule is CNC(=O)N(C)c1ccc(N/C(=C2\C(=O)Nc3cc(OC)c(OC)cc32)c2ccccc2)cc1. The highest BCUT2D eigenvalue weighted by molar-refractivity contribution is 6.37. The molecule has 0 radical (unpaired) electrons. The van der Waals surface area contributed by atoms with Crippen LogP contribution in [-0.4, -0.2) is 40.3 Å². The third kappa shape index (κ3) is 4.25. The van der Waals surface area contributed by atoms with Crippen LogP contribution >= 0.6 is 0 Å². The van der Waals surface area contributed by atoms with E-state index in [1.165, 1.54) is 4.90 Å². The van der Waals surface area contributed by atoms with E-state index >= 15 is 0 Å². The van der Waals surface area contributed by atoms with Crippen molar-refractivity contribution in [2.24, 2.45) is 0 Å². The van der Waals surface area contributed by atoms with Crippen LogP contribution in [0.2, 0.25) is 0 Å². The van der Waals surface area contributed by atoms with Gasteiger partial charge in [-0.15, -0.1) is 0 Å². The van der Waals surface area contributed by atoms with Gasteiger partial charge in [-0.2, -0.15) is 0 Å². The van der Waals surface area contributed by atoms with Gasteiger partial charge in [0.1, 0.15) is 0 Å². The molecule has 0 bridgehead atoms. The Hall–Kier alpha value is -4.46. The molecule has 1 aliphatic heterocycles. The molecule has 0 saturated heterocycles. The molecule has 0 fully saturated rings. The van der Waals surface area contributed by atoms with Crippen LogP contribution in [-0.2, 0) is 4.79 Å². The van der Waals surface area contributed by atoms with Crippen molar-refractivity contribution in [3.8, 4) is 11.5 Å². The summed E-state index contributed by atoms with van der Waals surface area (Å²) in [5, 5.41) is 8.94. The molecule has 174 valence electrons. The number of urea groups is 1. The largest absolute Gasteiger partial charge is 0.493 e. The van der Waals surface area contributed by atoms with Gasteiger partial charge in [-0.3, -0.25) is 9.69 Å². The van der Waals surface area contributed by atoms with E-state index in [9.17, 15) is 9.59 Å². The van der Waals surface area contributed by atoms with Crippen molar-refractivity contribution in [2.45, 2.75) is 0 Å². The predicted octanol–water partition coefficient (Wildman–Crippen LogP) is 4.41. The van der Waals surface area contributed by atoms with Gasteiger partial charge in [-0.05, 0) is 35.9 Å². The first kappa shape index (κ1) is 22.7. The Labute approximate surface area is 198 Å². The zero-order valence-corrected chi connectivity index (χ0v) is 19.4. The molecular weight excluding hydrogens is 432 g/mol. The molecule has 0 atom stereocenters. The number of carbonyl (C=O) groups is 2. The summed E-state index contributed by atoms with van der Waals surface area (Å²) in [6, 6.07) is 20.4. The number of methoxy groups -OCH3 is 2. The molecule has 34 heavy (non-hydrogen) atoms. The number of rotatable bonds is 6. The van der Waals surface area contributed by atoms with Gasteiger partial charge in [-0.25, -0.2) is 4.79 Å². The fourth-order valence-corrected chi connectivity index (χ4v) is 3.83. The second-order valence-electron chi connectivity index (χ2n) is 7.61. The van der Waals surface area contributed by atoms with Crippen molar-refractivity contribution in [1.82, 2.24) is 5.32 Å². The third-order valence-corrected chi connectivity index (χ3v) is 5.62. The molecule has 0 saturated carbocycles.